The molecule has 1 aromatic rings. The summed E-state index contributed by atoms with van der Waals surface area (Å²) in [5.41, 5.74) is 0.395. The minimum absolute atomic E-state index is 0.0993. The van der Waals surface area contributed by atoms with Crippen LogP contribution in [0.1, 0.15) is 23.2 Å². The van der Waals surface area contributed by atoms with Gasteiger partial charge in [-0.15, -0.1) is 0 Å². The topological polar surface area (TPSA) is 66.5 Å². The summed E-state index contributed by atoms with van der Waals surface area (Å²) in [5.74, 6) is -0.292. The van der Waals surface area contributed by atoms with E-state index in [1.165, 1.54) is 10.6 Å². The zero-order valence-electron chi connectivity index (χ0n) is 11.2. The lowest BCUT2D eigenvalue weighted by molar-refractivity contribution is 0.0951. The molecule has 1 saturated carbocycles. The summed E-state index contributed by atoms with van der Waals surface area (Å²) in [6.45, 7) is 0.563. The van der Waals surface area contributed by atoms with Crippen LogP contribution >= 0.6 is 11.6 Å². The van der Waals surface area contributed by atoms with Crippen molar-refractivity contribution >= 4 is 27.5 Å². The lowest BCUT2D eigenvalue weighted by atomic mass is 10.2. The summed E-state index contributed by atoms with van der Waals surface area (Å²) in [6.07, 6.45) is 2.98. The van der Waals surface area contributed by atoms with E-state index in [4.69, 9.17) is 11.6 Å². The maximum atomic E-state index is 11.9. The quantitative estimate of drug-likeness (QED) is 0.864. The van der Waals surface area contributed by atoms with Gasteiger partial charge in [-0.05, 0) is 25.0 Å². The molecule has 0 spiro atoms. The molecule has 1 aromatic carbocycles. The van der Waals surface area contributed by atoms with Gasteiger partial charge in [0.1, 0.15) is 0 Å². The Labute approximate surface area is 124 Å². The van der Waals surface area contributed by atoms with Crippen LogP contribution in [0.4, 0.5) is 0 Å². The molecule has 0 bridgehead atoms. The number of benzene rings is 1. The molecule has 1 aliphatic rings. The van der Waals surface area contributed by atoms with Crippen LogP contribution in [0, 0.1) is 0 Å². The van der Waals surface area contributed by atoms with Crippen LogP contribution in [0.25, 0.3) is 0 Å². The van der Waals surface area contributed by atoms with Crippen LogP contribution in [0.5, 0.6) is 0 Å². The second-order valence-corrected chi connectivity index (χ2v) is 7.18. The number of carbonyl (C=O) groups excluding carboxylic acids is 1. The monoisotopic (exact) mass is 316 g/mol. The molecule has 1 fully saturated rings. The van der Waals surface area contributed by atoms with Gasteiger partial charge in [0.25, 0.3) is 5.91 Å². The molecule has 110 valence electrons. The second kappa shape index (κ2) is 6.11. The lowest BCUT2D eigenvalue weighted by Crippen LogP contribution is -2.39. The molecule has 7 heteroatoms. The molecular weight excluding hydrogens is 300 g/mol. The number of sulfonamides is 1. The highest BCUT2D eigenvalue weighted by Gasteiger charge is 2.34. The van der Waals surface area contributed by atoms with E-state index < -0.39 is 10.0 Å². The molecule has 0 radical (unpaired) electrons. The van der Waals surface area contributed by atoms with Crippen molar-refractivity contribution in [2.24, 2.45) is 0 Å². The molecule has 0 heterocycles. The number of nitrogens with zero attached hydrogens (tertiary/aromatic N) is 1. The first-order valence-corrected chi connectivity index (χ1v) is 8.62. The number of hydrogen-bond donors (Lipinski definition) is 1. The summed E-state index contributed by atoms with van der Waals surface area (Å²) < 4.78 is 24.7. The van der Waals surface area contributed by atoms with Gasteiger partial charge in [-0.25, -0.2) is 8.42 Å². The van der Waals surface area contributed by atoms with Crippen molar-refractivity contribution in [3.05, 3.63) is 34.9 Å². The Kier molecular flexibility index (Phi) is 4.67. The van der Waals surface area contributed by atoms with E-state index in [0.29, 0.717) is 17.1 Å². The van der Waals surface area contributed by atoms with E-state index in [9.17, 15) is 13.2 Å². The van der Waals surface area contributed by atoms with Crippen molar-refractivity contribution < 1.29 is 13.2 Å². The van der Waals surface area contributed by atoms with Crippen LogP contribution in [0.2, 0.25) is 5.02 Å². The molecule has 0 saturated heterocycles. The first-order chi connectivity index (χ1) is 9.39. The van der Waals surface area contributed by atoms with Crippen molar-refractivity contribution in [1.82, 2.24) is 9.62 Å². The number of carbonyl (C=O) groups is 1. The highest BCUT2D eigenvalue weighted by Crippen LogP contribution is 2.28. The van der Waals surface area contributed by atoms with E-state index in [2.05, 4.69) is 5.32 Å². The van der Waals surface area contributed by atoms with Crippen LogP contribution in [-0.2, 0) is 10.0 Å². The van der Waals surface area contributed by atoms with E-state index in [1.54, 1.807) is 24.3 Å². The normalized spacial score (nSPS) is 15.3. The Hall–Kier alpha value is -1.11. The minimum atomic E-state index is -3.22. The Balaban J connectivity index is 1.89. The predicted octanol–water partition coefficient (Wildman–Crippen LogP) is 1.49. The fourth-order valence-corrected chi connectivity index (χ4v) is 3.40. The summed E-state index contributed by atoms with van der Waals surface area (Å²) in [6, 6.07) is 6.85. The Morgan fingerprint density at radius 2 is 2.05 bits per heavy atom. The second-order valence-electron chi connectivity index (χ2n) is 4.84. The number of halogens is 1. The Morgan fingerprint density at radius 3 is 2.60 bits per heavy atom. The predicted molar refractivity (Wildman–Crippen MR) is 78.4 cm³/mol. The average molecular weight is 317 g/mol. The van der Waals surface area contributed by atoms with E-state index in [0.717, 1.165) is 12.8 Å². The van der Waals surface area contributed by atoms with Gasteiger partial charge in [-0.1, -0.05) is 23.7 Å². The SMILES string of the molecule is CS(=O)(=O)N(CCNC(=O)c1ccccc1Cl)C1CC1. The Bertz CT molecular complexity index is 599. The molecule has 0 aromatic heterocycles. The molecule has 1 amide bonds. The first kappa shape index (κ1) is 15.3. The molecule has 2 rings (SSSR count). The summed E-state index contributed by atoms with van der Waals surface area (Å²) >= 11 is 5.93. The van der Waals surface area contributed by atoms with Gasteiger partial charge in [-0.3, -0.25) is 4.79 Å². The molecule has 0 atom stereocenters. The zero-order chi connectivity index (χ0) is 14.8. The highest BCUT2D eigenvalue weighted by molar-refractivity contribution is 7.88. The molecular formula is C13H17ClN2O3S. The minimum Gasteiger partial charge on any atom is -0.351 e. The van der Waals surface area contributed by atoms with Crippen LogP contribution in [0.3, 0.4) is 0 Å². The molecule has 1 N–H and O–H groups in total. The van der Waals surface area contributed by atoms with Crippen LogP contribution < -0.4 is 5.32 Å². The van der Waals surface area contributed by atoms with E-state index in [1.807, 2.05) is 0 Å². The van der Waals surface area contributed by atoms with E-state index in [-0.39, 0.29) is 18.5 Å². The first-order valence-electron chi connectivity index (χ1n) is 6.39. The van der Waals surface area contributed by atoms with Gasteiger partial charge in [0, 0.05) is 19.1 Å². The highest BCUT2D eigenvalue weighted by atomic mass is 35.5. The van der Waals surface area contributed by atoms with Gasteiger partial charge in [0.2, 0.25) is 10.0 Å². The third-order valence-corrected chi connectivity index (χ3v) is 4.78. The van der Waals surface area contributed by atoms with Gasteiger partial charge in [0.05, 0.1) is 16.8 Å². The number of rotatable bonds is 6. The third-order valence-electron chi connectivity index (χ3n) is 3.12. The maximum absolute atomic E-state index is 11.9. The summed E-state index contributed by atoms with van der Waals surface area (Å²) in [5, 5.41) is 3.08. The van der Waals surface area contributed by atoms with Crippen molar-refractivity contribution in [2.75, 3.05) is 19.3 Å². The largest absolute Gasteiger partial charge is 0.351 e. The van der Waals surface area contributed by atoms with Gasteiger partial charge < -0.3 is 5.32 Å². The Morgan fingerprint density at radius 1 is 1.40 bits per heavy atom. The van der Waals surface area contributed by atoms with Crippen LogP contribution in [0.15, 0.2) is 24.3 Å². The van der Waals surface area contributed by atoms with Gasteiger partial charge in [0.15, 0.2) is 0 Å². The molecule has 0 unspecified atom stereocenters. The standard InChI is InChI=1S/C13H17ClN2O3S/c1-20(18,19)16(10-6-7-10)9-8-15-13(17)11-4-2-3-5-12(11)14/h2-5,10H,6-9H2,1H3,(H,15,17). The molecule has 20 heavy (non-hydrogen) atoms. The molecule has 5 nitrogen and oxygen atoms in total. The van der Waals surface area contributed by atoms with Crippen molar-refractivity contribution in [2.45, 2.75) is 18.9 Å². The molecule has 0 aliphatic heterocycles. The van der Waals surface area contributed by atoms with Gasteiger partial charge in [-0.2, -0.15) is 4.31 Å². The van der Waals surface area contributed by atoms with Crippen molar-refractivity contribution in [1.29, 1.82) is 0 Å². The fraction of sp³-hybridized carbons (Fsp3) is 0.462. The van der Waals surface area contributed by atoms with Crippen molar-refractivity contribution in [3.8, 4) is 0 Å². The average Bonchev–Trinajstić information content (AvgIpc) is 3.17. The maximum Gasteiger partial charge on any atom is 0.252 e. The third kappa shape index (κ3) is 3.94. The lowest BCUT2D eigenvalue weighted by Gasteiger charge is -2.19. The summed E-state index contributed by atoms with van der Waals surface area (Å²) in [7, 11) is -3.22. The van der Waals surface area contributed by atoms with E-state index >= 15 is 0 Å². The zero-order valence-corrected chi connectivity index (χ0v) is 12.7. The molecule has 1 aliphatic carbocycles. The fourth-order valence-electron chi connectivity index (χ4n) is 2.00. The smallest absolute Gasteiger partial charge is 0.252 e. The number of nitrogens with one attached hydrogen (secondary N) is 1. The number of hydrogen-bond acceptors (Lipinski definition) is 3. The van der Waals surface area contributed by atoms with Crippen LogP contribution in [-0.4, -0.2) is 44.0 Å². The van der Waals surface area contributed by atoms with Crippen molar-refractivity contribution in [3.63, 3.8) is 0 Å². The number of amides is 1. The summed E-state index contributed by atoms with van der Waals surface area (Å²) in [4.78, 5) is 11.9. The van der Waals surface area contributed by atoms with Gasteiger partial charge >= 0.3 is 0 Å².